The SMILES string of the molecule is Nc1c(C(=O)N2CC3CCC2C3)sc2ccccc12. The highest BCUT2D eigenvalue weighted by Crippen LogP contribution is 2.41. The monoisotopic (exact) mass is 272 g/mol. The number of nitrogens with zero attached hydrogens (tertiary/aromatic N) is 1. The molecule has 3 nitrogen and oxygen atoms in total. The largest absolute Gasteiger partial charge is 0.397 e. The van der Waals surface area contributed by atoms with Gasteiger partial charge in [0.05, 0.1) is 5.69 Å². The lowest BCUT2D eigenvalue weighted by Gasteiger charge is -2.26. The minimum atomic E-state index is 0.144. The van der Waals surface area contributed by atoms with Crippen molar-refractivity contribution >= 4 is 33.0 Å². The summed E-state index contributed by atoms with van der Waals surface area (Å²) in [6.07, 6.45) is 3.65. The molecule has 1 aromatic carbocycles. The predicted octanol–water partition coefficient (Wildman–Crippen LogP) is 3.11. The van der Waals surface area contributed by atoms with Crippen LogP contribution in [0.5, 0.6) is 0 Å². The molecule has 4 rings (SSSR count). The zero-order valence-electron chi connectivity index (χ0n) is 10.6. The Bertz CT molecular complexity index is 663. The van der Waals surface area contributed by atoms with Gasteiger partial charge >= 0.3 is 0 Å². The van der Waals surface area contributed by atoms with Gasteiger partial charge in [0.1, 0.15) is 4.88 Å². The van der Waals surface area contributed by atoms with Crippen LogP contribution < -0.4 is 5.73 Å². The lowest BCUT2D eigenvalue weighted by atomic mass is 10.1. The van der Waals surface area contributed by atoms with Crippen molar-refractivity contribution in [2.75, 3.05) is 12.3 Å². The van der Waals surface area contributed by atoms with Crippen LogP contribution >= 0.6 is 11.3 Å². The maximum atomic E-state index is 12.7. The summed E-state index contributed by atoms with van der Waals surface area (Å²) in [6, 6.07) is 8.45. The predicted molar refractivity (Wildman–Crippen MR) is 78.4 cm³/mol. The first-order valence-corrected chi connectivity index (χ1v) is 7.63. The van der Waals surface area contributed by atoms with Crippen molar-refractivity contribution < 1.29 is 4.79 Å². The molecular formula is C15H16N2OS. The van der Waals surface area contributed by atoms with Crippen molar-refractivity contribution in [1.82, 2.24) is 4.90 Å². The number of amides is 1. The molecule has 1 aliphatic carbocycles. The van der Waals surface area contributed by atoms with E-state index in [0.29, 0.717) is 11.7 Å². The third-order valence-corrected chi connectivity index (χ3v) is 5.67. The summed E-state index contributed by atoms with van der Waals surface area (Å²) < 4.78 is 1.10. The Hall–Kier alpha value is -1.55. The Morgan fingerprint density at radius 1 is 1.32 bits per heavy atom. The van der Waals surface area contributed by atoms with E-state index in [1.807, 2.05) is 24.3 Å². The number of hydrogen-bond donors (Lipinski definition) is 1. The second-order valence-electron chi connectivity index (χ2n) is 5.63. The number of benzene rings is 1. The maximum absolute atomic E-state index is 12.7. The van der Waals surface area contributed by atoms with E-state index in [0.717, 1.165) is 27.4 Å². The zero-order chi connectivity index (χ0) is 13.0. The Morgan fingerprint density at radius 3 is 2.84 bits per heavy atom. The maximum Gasteiger partial charge on any atom is 0.266 e. The molecule has 2 atom stereocenters. The van der Waals surface area contributed by atoms with Crippen molar-refractivity contribution in [3.8, 4) is 0 Å². The van der Waals surface area contributed by atoms with Crippen LogP contribution in [0.1, 0.15) is 28.9 Å². The minimum Gasteiger partial charge on any atom is -0.397 e. The molecule has 2 bridgehead atoms. The quantitative estimate of drug-likeness (QED) is 0.867. The highest BCUT2D eigenvalue weighted by molar-refractivity contribution is 7.21. The Morgan fingerprint density at radius 2 is 2.16 bits per heavy atom. The third-order valence-electron chi connectivity index (χ3n) is 4.50. The molecule has 2 heterocycles. The van der Waals surface area contributed by atoms with Crippen LogP contribution in [-0.4, -0.2) is 23.4 Å². The summed E-state index contributed by atoms with van der Waals surface area (Å²) in [5.41, 5.74) is 6.83. The fourth-order valence-corrected chi connectivity index (χ4v) is 4.61. The molecule has 19 heavy (non-hydrogen) atoms. The molecule has 1 aliphatic heterocycles. The van der Waals surface area contributed by atoms with Gasteiger partial charge in [0, 0.05) is 22.7 Å². The van der Waals surface area contributed by atoms with Crippen molar-refractivity contribution in [3.63, 3.8) is 0 Å². The lowest BCUT2D eigenvalue weighted by molar-refractivity contribution is 0.0709. The second kappa shape index (κ2) is 3.97. The number of carbonyl (C=O) groups is 1. The Kier molecular flexibility index (Phi) is 2.36. The van der Waals surface area contributed by atoms with E-state index in [1.54, 1.807) is 0 Å². The van der Waals surface area contributed by atoms with E-state index in [9.17, 15) is 4.79 Å². The van der Waals surface area contributed by atoms with Crippen LogP contribution in [-0.2, 0) is 0 Å². The number of rotatable bonds is 1. The minimum absolute atomic E-state index is 0.144. The number of likely N-dealkylation sites (tertiary alicyclic amines) is 1. The molecule has 1 saturated carbocycles. The van der Waals surface area contributed by atoms with E-state index >= 15 is 0 Å². The average molecular weight is 272 g/mol. The number of carbonyl (C=O) groups excluding carboxylic acids is 1. The van der Waals surface area contributed by atoms with Crippen molar-refractivity contribution in [2.45, 2.75) is 25.3 Å². The van der Waals surface area contributed by atoms with E-state index in [2.05, 4.69) is 4.90 Å². The molecule has 2 aliphatic rings. The van der Waals surface area contributed by atoms with Crippen molar-refractivity contribution in [1.29, 1.82) is 0 Å². The van der Waals surface area contributed by atoms with Gasteiger partial charge in [0.15, 0.2) is 0 Å². The van der Waals surface area contributed by atoms with Gasteiger partial charge in [-0.25, -0.2) is 0 Å². The molecule has 2 aromatic rings. The second-order valence-corrected chi connectivity index (χ2v) is 6.68. The first-order chi connectivity index (χ1) is 9.24. The summed E-state index contributed by atoms with van der Waals surface area (Å²) in [5, 5.41) is 1.01. The fourth-order valence-electron chi connectivity index (χ4n) is 3.53. The van der Waals surface area contributed by atoms with Crippen LogP contribution in [0.3, 0.4) is 0 Å². The van der Waals surface area contributed by atoms with Crippen molar-refractivity contribution in [3.05, 3.63) is 29.1 Å². The number of nitrogens with two attached hydrogens (primary N) is 1. The number of thiophene rings is 1. The smallest absolute Gasteiger partial charge is 0.266 e. The number of hydrogen-bond acceptors (Lipinski definition) is 3. The highest BCUT2D eigenvalue weighted by atomic mass is 32.1. The van der Waals surface area contributed by atoms with Gasteiger partial charge < -0.3 is 10.6 Å². The molecule has 1 saturated heterocycles. The van der Waals surface area contributed by atoms with Crippen LogP contribution in [0.25, 0.3) is 10.1 Å². The number of nitrogen functional groups attached to an aromatic ring is 1. The summed E-state index contributed by atoms with van der Waals surface area (Å²) in [7, 11) is 0. The molecule has 1 aromatic heterocycles. The summed E-state index contributed by atoms with van der Waals surface area (Å²) >= 11 is 1.53. The van der Waals surface area contributed by atoms with Crippen LogP contribution in [0.2, 0.25) is 0 Å². The van der Waals surface area contributed by atoms with Crippen LogP contribution in [0, 0.1) is 5.92 Å². The standard InChI is InChI=1S/C15H16N2OS/c16-13-11-3-1-2-4-12(11)19-14(13)15(18)17-8-9-5-6-10(17)7-9/h1-4,9-10H,5-8,16H2. The van der Waals surface area contributed by atoms with Crippen molar-refractivity contribution in [2.24, 2.45) is 5.92 Å². The summed E-state index contributed by atoms with van der Waals surface area (Å²) in [6.45, 7) is 0.928. The first kappa shape index (κ1) is 11.3. The van der Waals surface area contributed by atoms with Gasteiger partial charge in [-0.3, -0.25) is 4.79 Å². The topological polar surface area (TPSA) is 46.3 Å². The molecule has 98 valence electrons. The van der Waals surface area contributed by atoms with E-state index in [1.165, 1.54) is 30.6 Å². The van der Waals surface area contributed by atoms with Gasteiger partial charge in [-0.1, -0.05) is 18.2 Å². The molecule has 1 amide bonds. The zero-order valence-corrected chi connectivity index (χ0v) is 11.5. The summed E-state index contributed by atoms with van der Waals surface area (Å²) in [5.74, 6) is 0.871. The molecule has 4 heteroatoms. The Balaban J connectivity index is 1.74. The normalized spacial score (nSPS) is 25.4. The van der Waals surface area contributed by atoms with Gasteiger partial charge in [-0.15, -0.1) is 11.3 Å². The van der Waals surface area contributed by atoms with Gasteiger partial charge in [-0.2, -0.15) is 0 Å². The van der Waals surface area contributed by atoms with E-state index in [-0.39, 0.29) is 5.91 Å². The lowest BCUT2D eigenvalue weighted by Crippen LogP contribution is -2.37. The average Bonchev–Trinajstić information content (AvgIpc) is 3.13. The van der Waals surface area contributed by atoms with Crippen LogP contribution in [0.4, 0.5) is 5.69 Å². The molecule has 2 fully saturated rings. The summed E-state index contributed by atoms with van der Waals surface area (Å²) in [4.78, 5) is 15.5. The molecule has 2 N–H and O–H groups in total. The molecule has 0 spiro atoms. The van der Waals surface area contributed by atoms with E-state index < -0.39 is 0 Å². The number of piperidine rings is 1. The number of anilines is 1. The fraction of sp³-hybridized carbons (Fsp3) is 0.400. The van der Waals surface area contributed by atoms with Gasteiger partial charge in [-0.05, 0) is 31.2 Å². The Labute approximate surface area is 116 Å². The van der Waals surface area contributed by atoms with Gasteiger partial charge in [0.2, 0.25) is 0 Å². The molecule has 2 unspecified atom stereocenters. The number of fused-ring (bicyclic) bond motifs is 3. The molecule has 0 radical (unpaired) electrons. The van der Waals surface area contributed by atoms with Crippen LogP contribution in [0.15, 0.2) is 24.3 Å². The highest BCUT2D eigenvalue weighted by Gasteiger charge is 2.41. The van der Waals surface area contributed by atoms with Gasteiger partial charge in [0.25, 0.3) is 5.91 Å². The third kappa shape index (κ3) is 1.59. The molecular weight excluding hydrogens is 256 g/mol. The van der Waals surface area contributed by atoms with E-state index in [4.69, 9.17) is 5.73 Å². The first-order valence-electron chi connectivity index (χ1n) is 6.82.